The molecule has 0 aromatic heterocycles. The summed E-state index contributed by atoms with van der Waals surface area (Å²) in [4.78, 5) is 37.5. The van der Waals surface area contributed by atoms with Crippen molar-refractivity contribution in [1.82, 2.24) is 10.9 Å². The molecule has 0 saturated heterocycles. The number of ketones is 1. The Hall–Kier alpha value is -4.71. The number of ether oxygens (including phenoxy) is 1. The van der Waals surface area contributed by atoms with Crippen LogP contribution in [0.2, 0.25) is 0 Å². The predicted molar refractivity (Wildman–Crippen MR) is 128 cm³/mol. The Kier molecular flexibility index (Phi) is 5.62. The summed E-state index contributed by atoms with van der Waals surface area (Å²) in [5, 5.41) is 0. The van der Waals surface area contributed by atoms with E-state index in [0.717, 1.165) is 22.3 Å². The first-order valence-corrected chi connectivity index (χ1v) is 10.8. The van der Waals surface area contributed by atoms with Crippen molar-refractivity contribution in [2.75, 3.05) is 6.61 Å². The summed E-state index contributed by atoms with van der Waals surface area (Å²) in [6.45, 7) is -0.276. The Bertz CT molecular complexity index is 1410. The van der Waals surface area contributed by atoms with Crippen molar-refractivity contribution in [3.05, 3.63) is 114 Å². The van der Waals surface area contributed by atoms with Crippen LogP contribution in [-0.2, 0) is 4.79 Å². The zero-order valence-corrected chi connectivity index (χ0v) is 18.1. The highest BCUT2D eigenvalue weighted by molar-refractivity contribution is 6.22. The van der Waals surface area contributed by atoms with Gasteiger partial charge in [-0.05, 0) is 34.9 Å². The van der Waals surface area contributed by atoms with Gasteiger partial charge in [-0.3, -0.25) is 25.2 Å². The largest absolute Gasteiger partial charge is 0.483 e. The fraction of sp³-hybridized carbons (Fsp3) is 0.0357. The number of benzene rings is 4. The van der Waals surface area contributed by atoms with Crippen LogP contribution in [0.1, 0.15) is 26.3 Å². The molecule has 6 heteroatoms. The molecule has 166 valence electrons. The highest BCUT2D eigenvalue weighted by Crippen LogP contribution is 2.36. The molecule has 0 aliphatic heterocycles. The lowest BCUT2D eigenvalue weighted by Gasteiger charge is -2.12. The molecule has 0 saturated carbocycles. The molecule has 2 N–H and O–H groups in total. The lowest BCUT2D eigenvalue weighted by Crippen LogP contribution is -2.43. The molecule has 0 fully saturated rings. The molecular weight excluding hydrogens is 428 g/mol. The van der Waals surface area contributed by atoms with Crippen LogP contribution in [0.5, 0.6) is 5.75 Å². The van der Waals surface area contributed by atoms with Gasteiger partial charge in [0.05, 0.1) is 0 Å². The molecule has 0 bridgehead atoms. The molecule has 0 atom stereocenters. The molecule has 5 rings (SSSR count). The number of fused-ring (bicyclic) bond motifs is 3. The summed E-state index contributed by atoms with van der Waals surface area (Å²) in [6.07, 6.45) is 0. The summed E-state index contributed by atoms with van der Waals surface area (Å²) < 4.78 is 5.69. The zero-order chi connectivity index (χ0) is 23.5. The third-order valence-electron chi connectivity index (χ3n) is 5.63. The molecule has 2 amide bonds. The number of hydrazine groups is 1. The first-order valence-electron chi connectivity index (χ1n) is 10.8. The van der Waals surface area contributed by atoms with Crippen LogP contribution < -0.4 is 15.6 Å². The van der Waals surface area contributed by atoms with Gasteiger partial charge < -0.3 is 4.74 Å². The standard InChI is InChI=1S/C28H20N2O4/c31-26(17-34-25-13-7-6-10-20(25)18-8-2-1-3-9-18)29-30-28(33)19-14-15-22-21-11-4-5-12-23(21)27(32)24(22)16-19/h1-16H,17H2,(H,29,31)(H,30,33). The van der Waals surface area contributed by atoms with Crippen molar-refractivity contribution in [2.24, 2.45) is 0 Å². The number of amides is 2. The fourth-order valence-electron chi connectivity index (χ4n) is 4.00. The quantitative estimate of drug-likeness (QED) is 0.390. The van der Waals surface area contributed by atoms with Crippen LogP contribution in [0.25, 0.3) is 22.3 Å². The van der Waals surface area contributed by atoms with Crippen molar-refractivity contribution in [1.29, 1.82) is 0 Å². The number of hydrogen-bond acceptors (Lipinski definition) is 4. The van der Waals surface area contributed by atoms with E-state index in [0.29, 0.717) is 16.9 Å². The van der Waals surface area contributed by atoms with E-state index < -0.39 is 11.8 Å². The first kappa shape index (κ1) is 21.2. The summed E-state index contributed by atoms with van der Waals surface area (Å²) in [5.41, 5.74) is 9.60. The van der Waals surface area contributed by atoms with Crippen LogP contribution >= 0.6 is 0 Å². The Morgan fingerprint density at radius 3 is 2.09 bits per heavy atom. The van der Waals surface area contributed by atoms with Crippen molar-refractivity contribution in [3.63, 3.8) is 0 Å². The van der Waals surface area contributed by atoms with Gasteiger partial charge in [-0.2, -0.15) is 0 Å². The van der Waals surface area contributed by atoms with E-state index >= 15 is 0 Å². The maximum absolute atomic E-state index is 12.7. The number of nitrogens with one attached hydrogen (secondary N) is 2. The summed E-state index contributed by atoms with van der Waals surface area (Å²) in [6, 6.07) is 29.4. The zero-order valence-electron chi connectivity index (χ0n) is 18.1. The molecule has 0 unspecified atom stereocenters. The van der Waals surface area contributed by atoms with Crippen LogP contribution in [0, 0.1) is 0 Å². The Morgan fingerprint density at radius 1 is 0.647 bits per heavy atom. The Balaban J connectivity index is 1.21. The average Bonchev–Trinajstić information content (AvgIpc) is 3.18. The lowest BCUT2D eigenvalue weighted by molar-refractivity contribution is -0.123. The van der Waals surface area contributed by atoms with Gasteiger partial charge in [-0.15, -0.1) is 0 Å². The minimum atomic E-state index is -0.524. The molecule has 34 heavy (non-hydrogen) atoms. The molecule has 1 aliphatic rings. The Labute approximate surface area is 196 Å². The maximum Gasteiger partial charge on any atom is 0.276 e. The lowest BCUT2D eigenvalue weighted by atomic mass is 10.0. The molecule has 0 radical (unpaired) electrons. The van der Waals surface area contributed by atoms with Gasteiger partial charge in [0.1, 0.15) is 5.75 Å². The molecule has 1 aliphatic carbocycles. The smallest absolute Gasteiger partial charge is 0.276 e. The van der Waals surface area contributed by atoms with Gasteiger partial charge in [0.25, 0.3) is 11.8 Å². The molecule has 4 aromatic carbocycles. The SMILES string of the molecule is O=C(COc1ccccc1-c1ccccc1)NNC(=O)c1ccc2c(c1)C(=O)c1ccccc1-2. The predicted octanol–water partition coefficient (Wildman–Crippen LogP) is 4.41. The van der Waals surface area contributed by atoms with E-state index in [4.69, 9.17) is 4.74 Å². The summed E-state index contributed by atoms with van der Waals surface area (Å²) >= 11 is 0. The van der Waals surface area contributed by atoms with Crippen molar-refractivity contribution < 1.29 is 19.1 Å². The second-order valence-corrected chi connectivity index (χ2v) is 7.79. The molecule has 4 aromatic rings. The second kappa shape index (κ2) is 9.03. The number of carbonyl (C=O) groups is 3. The van der Waals surface area contributed by atoms with Gasteiger partial charge in [-0.1, -0.05) is 78.9 Å². The molecule has 6 nitrogen and oxygen atoms in total. The minimum absolute atomic E-state index is 0.116. The van der Waals surface area contributed by atoms with Crippen LogP contribution in [0.15, 0.2) is 97.1 Å². The molecule has 0 spiro atoms. The molecular formula is C28H20N2O4. The van der Waals surface area contributed by atoms with Crippen LogP contribution in [0.4, 0.5) is 0 Å². The maximum atomic E-state index is 12.7. The number of rotatable bonds is 5. The van der Waals surface area contributed by atoms with Gasteiger partial charge in [0.2, 0.25) is 0 Å². The van der Waals surface area contributed by atoms with E-state index in [1.54, 1.807) is 30.3 Å². The van der Waals surface area contributed by atoms with Gasteiger partial charge in [-0.25, -0.2) is 0 Å². The third-order valence-corrected chi connectivity index (χ3v) is 5.63. The topological polar surface area (TPSA) is 84.5 Å². The van der Waals surface area contributed by atoms with Crippen molar-refractivity contribution in [3.8, 4) is 28.0 Å². The minimum Gasteiger partial charge on any atom is -0.483 e. The van der Waals surface area contributed by atoms with E-state index in [2.05, 4.69) is 10.9 Å². The van der Waals surface area contributed by atoms with Crippen LogP contribution in [0.3, 0.4) is 0 Å². The van der Waals surface area contributed by atoms with E-state index in [1.165, 1.54) is 0 Å². The van der Waals surface area contributed by atoms with E-state index in [-0.39, 0.29) is 18.0 Å². The van der Waals surface area contributed by atoms with Gasteiger partial charge in [0, 0.05) is 22.3 Å². The summed E-state index contributed by atoms with van der Waals surface area (Å²) in [5.74, 6) is -0.591. The number of carbonyl (C=O) groups excluding carboxylic acids is 3. The van der Waals surface area contributed by atoms with Crippen LogP contribution in [-0.4, -0.2) is 24.2 Å². The number of hydrogen-bond donors (Lipinski definition) is 2. The Morgan fingerprint density at radius 2 is 1.29 bits per heavy atom. The first-order chi connectivity index (χ1) is 16.6. The summed E-state index contributed by atoms with van der Waals surface area (Å²) in [7, 11) is 0. The van der Waals surface area contributed by atoms with E-state index in [1.807, 2.05) is 66.7 Å². The molecule has 0 heterocycles. The average molecular weight is 448 g/mol. The van der Waals surface area contributed by atoms with Crippen molar-refractivity contribution in [2.45, 2.75) is 0 Å². The fourth-order valence-corrected chi connectivity index (χ4v) is 4.00. The third kappa shape index (κ3) is 4.04. The second-order valence-electron chi connectivity index (χ2n) is 7.79. The highest BCUT2D eigenvalue weighted by atomic mass is 16.5. The van der Waals surface area contributed by atoms with Crippen molar-refractivity contribution >= 4 is 17.6 Å². The number of para-hydroxylation sites is 1. The highest BCUT2D eigenvalue weighted by Gasteiger charge is 2.27. The van der Waals surface area contributed by atoms with E-state index in [9.17, 15) is 14.4 Å². The van der Waals surface area contributed by atoms with Gasteiger partial charge in [0.15, 0.2) is 12.4 Å². The normalized spacial score (nSPS) is 11.4. The van der Waals surface area contributed by atoms with Gasteiger partial charge >= 0.3 is 0 Å². The monoisotopic (exact) mass is 448 g/mol.